The molecule has 2 saturated heterocycles. The summed E-state index contributed by atoms with van der Waals surface area (Å²) in [6.45, 7) is 1.70. The third-order valence-corrected chi connectivity index (χ3v) is 5.99. The average molecular weight is 288 g/mol. The number of nitrogens with one attached hydrogen (secondary N) is 1. The quantitative estimate of drug-likeness (QED) is 0.814. The van der Waals surface area contributed by atoms with Crippen molar-refractivity contribution < 1.29 is 13.2 Å². The van der Waals surface area contributed by atoms with Gasteiger partial charge in [-0.25, -0.2) is 8.42 Å². The van der Waals surface area contributed by atoms with Gasteiger partial charge in [-0.3, -0.25) is 4.79 Å². The number of piperidine rings is 1. The standard InChI is InChI=1S/C13H24N2O3S/c1-14-7-5-12-4-2-3-8-15(12)13(16)11-6-9-19(17,18)10-11/h11-12,14H,2-10H2,1H3. The zero-order valence-corrected chi connectivity index (χ0v) is 12.4. The molecular formula is C13H24N2O3S. The van der Waals surface area contributed by atoms with Crippen molar-refractivity contribution in [3.63, 3.8) is 0 Å². The van der Waals surface area contributed by atoms with E-state index in [1.165, 1.54) is 6.42 Å². The third kappa shape index (κ3) is 3.69. The zero-order valence-electron chi connectivity index (χ0n) is 11.6. The molecular weight excluding hydrogens is 264 g/mol. The molecule has 2 unspecified atom stereocenters. The Morgan fingerprint density at radius 3 is 2.74 bits per heavy atom. The molecule has 0 aromatic carbocycles. The van der Waals surface area contributed by atoms with E-state index in [0.29, 0.717) is 6.42 Å². The fraction of sp³-hybridized carbons (Fsp3) is 0.923. The number of sulfone groups is 1. The van der Waals surface area contributed by atoms with Gasteiger partial charge >= 0.3 is 0 Å². The molecule has 2 aliphatic heterocycles. The lowest BCUT2D eigenvalue weighted by Gasteiger charge is -2.37. The first-order valence-electron chi connectivity index (χ1n) is 7.19. The summed E-state index contributed by atoms with van der Waals surface area (Å²) in [6, 6.07) is 0.289. The van der Waals surface area contributed by atoms with Crippen LogP contribution >= 0.6 is 0 Å². The Balaban J connectivity index is 1.99. The van der Waals surface area contributed by atoms with Gasteiger partial charge in [-0.1, -0.05) is 0 Å². The molecule has 0 aliphatic carbocycles. The fourth-order valence-electron chi connectivity index (χ4n) is 3.13. The Hall–Kier alpha value is -0.620. The minimum atomic E-state index is -2.97. The molecule has 0 saturated carbocycles. The summed E-state index contributed by atoms with van der Waals surface area (Å²) >= 11 is 0. The van der Waals surface area contributed by atoms with Gasteiger partial charge in [0.15, 0.2) is 9.84 Å². The van der Waals surface area contributed by atoms with E-state index in [-0.39, 0.29) is 29.4 Å². The second-order valence-electron chi connectivity index (χ2n) is 5.67. The smallest absolute Gasteiger partial charge is 0.226 e. The van der Waals surface area contributed by atoms with Crippen molar-refractivity contribution in [2.45, 2.75) is 38.1 Å². The molecule has 2 atom stereocenters. The van der Waals surface area contributed by atoms with Crippen LogP contribution in [0.15, 0.2) is 0 Å². The Kier molecular flexibility index (Phi) is 4.84. The minimum absolute atomic E-state index is 0.0566. The highest BCUT2D eigenvalue weighted by molar-refractivity contribution is 7.91. The maximum atomic E-state index is 12.5. The summed E-state index contributed by atoms with van der Waals surface area (Å²) in [5.74, 6) is 0.0153. The molecule has 1 N–H and O–H groups in total. The van der Waals surface area contributed by atoms with Gasteiger partial charge in [-0.2, -0.15) is 0 Å². The van der Waals surface area contributed by atoms with Gasteiger partial charge in [0.05, 0.1) is 17.4 Å². The lowest BCUT2D eigenvalue weighted by Crippen LogP contribution is -2.47. The molecule has 0 aromatic heterocycles. The summed E-state index contributed by atoms with van der Waals surface area (Å²) < 4.78 is 23.0. The van der Waals surface area contributed by atoms with E-state index in [1.807, 2.05) is 11.9 Å². The van der Waals surface area contributed by atoms with Crippen LogP contribution in [0.3, 0.4) is 0 Å². The molecule has 0 aromatic rings. The van der Waals surface area contributed by atoms with E-state index in [0.717, 1.165) is 32.4 Å². The van der Waals surface area contributed by atoms with E-state index < -0.39 is 9.84 Å². The van der Waals surface area contributed by atoms with Crippen molar-refractivity contribution in [3.05, 3.63) is 0 Å². The number of rotatable bonds is 4. The van der Waals surface area contributed by atoms with Gasteiger partial charge in [0.2, 0.25) is 5.91 Å². The molecule has 5 nitrogen and oxygen atoms in total. The summed E-state index contributed by atoms with van der Waals surface area (Å²) in [6.07, 6.45) is 4.73. The van der Waals surface area contributed by atoms with Crippen molar-refractivity contribution >= 4 is 15.7 Å². The zero-order chi connectivity index (χ0) is 13.9. The van der Waals surface area contributed by atoms with Crippen LogP contribution in [0.2, 0.25) is 0 Å². The van der Waals surface area contributed by atoms with Crippen LogP contribution in [-0.4, -0.2) is 56.9 Å². The highest BCUT2D eigenvalue weighted by atomic mass is 32.2. The average Bonchev–Trinajstić information content (AvgIpc) is 2.76. The van der Waals surface area contributed by atoms with Crippen LogP contribution in [0, 0.1) is 5.92 Å². The van der Waals surface area contributed by atoms with Crippen LogP contribution in [0.4, 0.5) is 0 Å². The summed E-state index contributed by atoms with van der Waals surface area (Å²) in [7, 11) is -1.06. The SMILES string of the molecule is CNCCC1CCCCN1C(=O)C1CCS(=O)(=O)C1. The normalized spacial score (nSPS) is 30.5. The van der Waals surface area contributed by atoms with Gasteiger partial charge < -0.3 is 10.2 Å². The predicted octanol–water partition coefficient (Wildman–Crippen LogP) is 0.412. The molecule has 1 amide bonds. The van der Waals surface area contributed by atoms with Crippen LogP contribution in [0.5, 0.6) is 0 Å². The van der Waals surface area contributed by atoms with Crippen LogP contribution < -0.4 is 5.32 Å². The predicted molar refractivity (Wildman–Crippen MR) is 74.7 cm³/mol. The first kappa shape index (κ1) is 14.8. The molecule has 0 bridgehead atoms. The number of likely N-dealkylation sites (tertiary alicyclic amines) is 1. The number of carbonyl (C=O) groups excluding carboxylic acids is 1. The summed E-state index contributed by atoms with van der Waals surface area (Å²) in [5, 5.41) is 3.12. The van der Waals surface area contributed by atoms with E-state index in [4.69, 9.17) is 0 Å². The Morgan fingerprint density at radius 1 is 1.32 bits per heavy atom. The fourth-order valence-corrected chi connectivity index (χ4v) is 4.86. The number of hydrogen-bond donors (Lipinski definition) is 1. The van der Waals surface area contributed by atoms with Crippen molar-refractivity contribution in [2.75, 3.05) is 31.6 Å². The van der Waals surface area contributed by atoms with Gasteiger partial charge in [0.1, 0.15) is 0 Å². The monoisotopic (exact) mass is 288 g/mol. The molecule has 6 heteroatoms. The number of hydrogen-bond acceptors (Lipinski definition) is 4. The molecule has 2 heterocycles. The topological polar surface area (TPSA) is 66.5 Å². The Labute approximate surface area is 115 Å². The lowest BCUT2D eigenvalue weighted by atomic mass is 9.96. The highest BCUT2D eigenvalue weighted by Crippen LogP contribution is 2.26. The van der Waals surface area contributed by atoms with Crippen LogP contribution in [0.25, 0.3) is 0 Å². The molecule has 2 fully saturated rings. The number of amides is 1. The van der Waals surface area contributed by atoms with Crippen molar-refractivity contribution in [3.8, 4) is 0 Å². The van der Waals surface area contributed by atoms with E-state index in [9.17, 15) is 13.2 Å². The Morgan fingerprint density at radius 2 is 2.11 bits per heavy atom. The van der Waals surface area contributed by atoms with E-state index in [2.05, 4.69) is 5.32 Å². The largest absolute Gasteiger partial charge is 0.339 e. The molecule has 0 spiro atoms. The van der Waals surface area contributed by atoms with Gasteiger partial charge in [-0.05, 0) is 45.7 Å². The summed E-state index contributed by atoms with van der Waals surface area (Å²) in [4.78, 5) is 14.5. The van der Waals surface area contributed by atoms with Crippen molar-refractivity contribution in [1.82, 2.24) is 10.2 Å². The van der Waals surface area contributed by atoms with Gasteiger partial charge in [0, 0.05) is 12.6 Å². The van der Waals surface area contributed by atoms with Crippen LogP contribution in [0.1, 0.15) is 32.1 Å². The molecule has 2 rings (SSSR count). The van der Waals surface area contributed by atoms with Crippen molar-refractivity contribution in [2.24, 2.45) is 5.92 Å². The summed E-state index contributed by atoms with van der Waals surface area (Å²) in [5.41, 5.74) is 0. The minimum Gasteiger partial charge on any atom is -0.339 e. The van der Waals surface area contributed by atoms with E-state index in [1.54, 1.807) is 0 Å². The molecule has 19 heavy (non-hydrogen) atoms. The molecule has 2 aliphatic rings. The number of nitrogens with zero attached hydrogens (tertiary/aromatic N) is 1. The lowest BCUT2D eigenvalue weighted by molar-refractivity contribution is -0.138. The third-order valence-electron chi connectivity index (χ3n) is 4.22. The van der Waals surface area contributed by atoms with Gasteiger partial charge in [-0.15, -0.1) is 0 Å². The maximum absolute atomic E-state index is 12.5. The first-order chi connectivity index (χ1) is 9.03. The highest BCUT2D eigenvalue weighted by Gasteiger charge is 2.37. The van der Waals surface area contributed by atoms with Crippen LogP contribution in [-0.2, 0) is 14.6 Å². The van der Waals surface area contributed by atoms with Gasteiger partial charge in [0.25, 0.3) is 0 Å². The second-order valence-corrected chi connectivity index (χ2v) is 7.90. The second kappa shape index (κ2) is 6.22. The molecule has 110 valence electrons. The van der Waals surface area contributed by atoms with E-state index >= 15 is 0 Å². The van der Waals surface area contributed by atoms with Crippen molar-refractivity contribution in [1.29, 1.82) is 0 Å². The molecule has 0 radical (unpaired) electrons. The Bertz CT molecular complexity index is 422. The maximum Gasteiger partial charge on any atom is 0.226 e. The number of carbonyl (C=O) groups is 1. The first-order valence-corrected chi connectivity index (χ1v) is 9.01.